The molecule has 0 N–H and O–H groups in total. The fourth-order valence-electron chi connectivity index (χ4n) is 2.35. The smallest absolute Gasteiger partial charge is 0.0715 e. The third-order valence-electron chi connectivity index (χ3n) is 3.28. The molecule has 0 radical (unpaired) electrons. The molecule has 0 unspecified atom stereocenters. The zero-order valence-corrected chi connectivity index (χ0v) is 8.75. The second-order valence-corrected chi connectivity index (χ2v) is 4.69. The van der Waals surface area contributed by atoms with Crippen LogP contribution in [0, 0.1) is 11.3 Å². The molecule has 1 aliphatic carbocycles. The first-order valence-corrected chi connectivity index (χ1v) is 5.14. The summed E-state index contributed by atoms with van der Waals surface area (Å²) in [6, 6.07) is 10.8. The Kier molecular flexibility index (Phi) is 2.07. The van der Waals surface area contributed by atoms with Crippen molar-refractivity contribution in [2.24, 2.45) is 0 Å². The van der Waals surface area contributed by atoms with Crippen molar-refractivity contribution in [2.75, 3.05) is 0 Å². The van der Waals surface area contributed by atoms with E-state index in [0.29, 0.717) is 0 Å². The van der Waals surface area contributed by atoms with Crippen LogP contribution in [0.4, 0.5) is 0 Å². The van der Waals surface area contributed by atoms with Gasteiger partial charge in [-0.2, -0.15) is 5.26 Å². The van der Waals surface area contributed by atoms with E-state index in [-0.39, 0.29) is 11.3 Å². The lowest BCUT2D eigenvalue weighted by Gasteiger charge is -2.34. The number of nitrogens with zero attached hydrogens (tertiary/aromatic N) is 1. The first-order chi connectivity index (χ1) is 6.65. The van der Waals surface area contributed by atoms with Gasteiger partial charge in [-0.05, 0) is 29.4 Å². The molecule has 72 valence electrons. The highest BCUT2D eigenvalue weighted by atomic mass is 14.4. The zero-order chi connectivity index (χ0) is 10.2. The van der Waals surface area contributed by atoms with Crippen molar-refractivity contribution in [2.45, 2.75) is 38.0 Å². The summed E-state index contributed by atoms with van der Waals surface area (Å²) >= 11 is 0. The Morgan fingerprint density at radius 3 is 2.79 bits per heavy atom. The molecule has 1 atom stereocenters. The molecule has 14 heavy (non-hydrogen) atoms. The number of hydrogen-bond acceptors (Lipinski definition) is 1. The first kappa shape index (κ1) is 9.27. The number of nitriles is 1. The van der Waals surface area contributed by atoms with Gasteiger partial charge in [-0.25, -0.2) is 0 Å². The van der Waals surface area contributed by atoms with E-state index in [2.05, 4.69) is 38.1 Å². The third kappa shape index (κ3) is 1.32. The first-order valence-electron chi connectivity index (χ1n) is 5.14. The molecule has 0 fully saturated rings. The summed E-state index contributed by atoms with van der Waals surface area (Å²) in [5, 5.41) is 9.06. The van der Waals surface area contributed by atoms with E-state index in [1.165, 1.54) is 11.1 Å². The van der Waals surface area contributed by atoms with Crippen molar-refractivity contribution in [3.63, 3.8) is 0 Å². The Morgan fingerprint density at radius 1 is 1.36 bits per heavy atom. The van der Waals surface area contributed by atoms with Gasteiger partial charge in [0, 0.05) is 0 Å². The lowest BCUT2D eigenvalue weighted by atomic mass is 9.69. The van der Waals surface area contributed by atoms with E-state index in [9.17, 15) is 0 Å². The number of hydrogen-bond donors (Lipinski definition) is 0. The predicted molar refractivity (Wildman–Crippen MR) is 57.1 cm³/mol. The van der Waals surface area contributed by atoms with Crippen molar-refractivity contribution in [3.05, 3.63) is 35.4 Å². The largest absolute Gasteiger partial charge is 0.198 e. The van der Waals surface area contributed by atoms with Crippen LogP contribution >= 0.6 is 0 Å². The van der Waals surface area contributed by atoms with E-state index < -0.39 is 0 Å². The van der Waals surface area contributed by atoms with E-state index in [1.54, 1.807) is 0 Å². The molecule has 2 rings (SSSR count). The monoisotopic (exact) mass is 185 g/mol. The lowest BCUT2D eigenvalue weighted by Crippen LogP contribution is -2.25. The third-order valence-corrected chi connectivity index (χ3v) is 3.28. The number of rotatable bonds is 0. The van der Waals surface area contributed by atoms with Crippen LogP contribution in [0.3, 0.4) is 0 Å². The minimum atomic E-state index is 0.110. The van der Waals surface area contributed by atoms with Crippen molar-refractivity contribution in [1.82, 2.24) is 0 Å². The summed E-state index contributed by atoms with van der Waals surface area (Å²) in [5.41, 5.74) is 2.84. The van der Waals surface area contributed by atoms with Gasteiger partial charge >= 0.3 is 0 Å². The van der Waals surface area contributed by atoms with Crippen molar-refractivity contribution < 1.29 is 0 Å². The zero-order valence-electron chi connectivity index (χ0n) is 8.75. The molecule has 0 bridgehead atoms. The van der Waals surface area contributed by atoms with E-state index >= 15 is 0 Å². The van der Waals surface area contributed by atoms with Crippen molar-refractivity contribution >= 4 is 0 Å². The van der Waals surface area contributed by atoms with Crippen LogP contribution in [-0.2, 0) is 5.41 Å². The highest BCUT2D eigenvalue weighted by Crippen LogP contribution is 2.41. The van der Waals surface area contributed by atoms with Gasteiger partial charge in [-0.3, -0.25) is 0 Å². The van der Waals surface area contributed by atoms with Gasteiger partial charge in [0.25, 0.3) is 0 Å². The lowest BCUT2D eigenvalue weighted by molar-refractivity contribution is 0.417. The van der Waals surface area contributed by atoms with Crippen LogP contribution in [0.15, 0.2) is 24.3 Å². The fraction of sp³-hybridized carbons (Fsp3) is 0.462. The second kappa shape index (κ2) is 3.13. The Labute approximate surface area is 85.4 Å². The van der Waals surface area contributed by atoms with Crippen LogP contribution < -0.4 is 0 Å². The Morgan fingerprint density at radius 2 is 2.07 bits per heavy atom. The minimum absolute atomic E-state index is 0.110. The summed E-state index contributed by atoms with van der Waals surface area (Å²) in [7, 11) is 0. The maximum atomic E-state index is 9.06. The molecule has 1 aliphatic rings. The quantitative estimate of drug-likeness (QED) is 0.608. The van der Waals surface area contributed by atoms with Crippen molar-refractivity contribution in [1.29, 1.82) is 5.26 Å². The Balaban J connectivity index is 2.56. The molecule has 0 spiro atoms. The SMILES string of the molecule is CC1(C)CC[C@H](C#N)c2ccccc21. The van der Waals surface area contributed by atoms with Crippen LogP contribution in [0.5, 0.6) is 0 Å². The molecule has 0 amide bonds. The van der Waals surface area contributed by atoms with Gasteiger partial charge in [0.05, 0.1) is 12.0 Å². The number of benzene rings is 1. The van der Waals surface area contributed by atoms with Gasteiger partial charge in [-0.15, -0.1) is 0 Å². The summed E-state index contributed by atoms with van der Waals surface area (Å²) < 4.78 is 0. The van der Waals surface area contributed by atoms with Gasteiger partial charge in [0.2, 0.25) is 0 Å². The molecule has 0 saturated heterocycles. The summed E-state index contributed by atoms with van der Waals surface area (Å²) in [6.45, 7) is 4.53. The van der Waals surface area contributed by atoms with E-state index in [4.69, 9.17) is 5.26 Å². The van der Waals surface area contributed by atoms with Crippen molar-refractivity contribution in [3.8, 4) is 6.07 Å². The Bertz CT molecular complexity index is 384. The maximum Gasteiger partial charge on any atom is 0.0715 e. The summed E-state index contributed by atoms with van der Waals surface area (Å²) in [4.78, 5) is 0. The molecule has 1 heteroatoms. The molecule has 0 aliphatic heterocycles. The average Bonchev–Trinajstić information content (AvgIpc) is 2.18. The molecule has 1 aromatic rings. The summed E-state index contributed by atoms with van der Waals surface area (Å²) in [5.74, 6) is 0.110. The van der Waals surface area contributed by atoms with Gasteiger partial charge < -0.3 is 0 Å². The van der Waals surface area contributed by atoms with Crippen LogP contribution in [0.1, 0.15) is 43.7 Å². The normalized spacial score (nSPS) is 23.6. The molecular formula is C13H15N. The predicted octanol–water partition coefficient (Wildman–Crippen LogP) is 3.37. The fourth-order valence-corrected chi connectivity index (χ4v) is 2.35. The Hall–Kier alpha value is -1.29. The average molecular weight is 185 g/mol. The van der Waals surface area contributed by atoms with Crippen LogP contribution in [0.25, 0.3) is 0 Å². The van der Waals surface area contributed by atoms with Crippen LogP contribution in [-0.4, -0.2) is 0 Å². The topological polar surface area (TPSA) is 23.8 Å². The second-order valence-electron chi connectivity index (χ2n) is 4.69. The van der Waals surface area contributed by atoms with Gasteiger partial charge in [-0.1, -0.05) is 38.1 Å². The molecule has 1 aromatic carbocycles. The van der Waals surface area contributed by atoms with Gasteiger partial charge in [0.15, 0.2) is 0 Å². The maximum absolute atomic E-state index is 9.06. The molecule has 0 aromatic heterocycles. The highest BCUT2D eigenvalue weighted by Gasteiger charge is 2.31. The minimum Gasteiger partial charge on any atom is -0.198 e. The highest BCUT2D eigenvalue weighted by molar-refractivity contribution is 5.40. The molecule has 0 saturated carbocycles. The van der Waals surface area contributed by atoms with Gasteiger partial charge in [0.1, 0.15) is 0 Å². The standard InChI is InChI=1S/C13H15N/c1-13(2)8-7-10(9-14)11-5-3-4-6-12(11)13/h3-6,10H,7-8H2,1-2H3/t10-/m1/s1. The molecular weight excluding hydrogens is 170 g/mol. The number of fused-ring (bicyclic) bond motifs is 1. The van der Waals surface area contributed by atoms with E-state index in [1.807, 2.05) is 6.07 Å². The summed E-state index contributed by atoms with van der Waals surface area (Å²) in [6.07, 6.45) is 2.11. The molecule has 1 nitrogen and oxygen atoms in total. The van der Waals surface area contributed by atoms with E-state index in [0.717, 1.165) is 12.8 Å². The van der Waals surface area contributed by atoms with Crippen LogP contribution in [0.2, 0.25) is 0 Å². The molecule has 0 heterocycles.